The summed E-state index contributed by atoms with van der Waals surface area (Å²) in [5.41, 5.74) is -0.0698. The van der Waals surface area contributed by atoms with Crippen LogP contribution in [0.4, 0.5) is 4.39 Å². The normalized spacial score (nSPS) is 11.3. The molecular weight excluding hydrogens is 319 g/mol. The van der Waals surface area contributed by atoms with Crippen molar-refractivity contribution in [2.45, 2.75) is 10.8 Å². The fourth-order valence-electron chi connectivity index (χ4n) is 1.57. The van der Waals surface area contributed by atoms with Gasteiger partial charge in [-0.15, -0.1) is 11.3 Å². The van der Waals surface area contributed by atoms with Crippen LogP contribution in [-0.2, 0) is 16.6 Å². The quantitative estimate of drug-likeness (QED) is 0.781. The molecule has 0 aliphatic rings. The fraction of sp³-hybridized carbons (Fsp3) is 0.0833. The Bertz CT molecular complexity index is 786. The van der Waals surface area contributed by atoms with Crippen molar-refractivity contribution in [1.82, 2.24) is 5.32 Å². The van der Waals surface area contributed by atoms with Crippen LogP contribution in [0.3, 0.4) is 0 Å². The van der Waals surface area contributed by atoms with Crippen LogP contribution >= 0.6 is 11.3 Å². The monoisotopic (exact) mass is 330 g/mol. The highest BCUT2D eigenvalue weighted by atomic mass is 32.2. The average Bonchev–Trinajstić information content (AvgIpc) is 2.84. The molecule has 1 aromatic carbocycles. The number of carbonyl (C=O) groups is 1. The highest BCUT2D eigenvalue weighted by Gasteiger charge is 2.14. The van der Waals surface area contributed by atoms with E-state index >= 15 is 0 Å². The second-order valence-corrected chi connectivity index (χ2v) is 7.07. The van der Waals surface area contributed by atoms with E-state index in [4.69, 9.17) is 5.14 Å². The first-order chi connectivity index (χ1) is 9.77. The van der Waals surface area contributed by atoms with Gasteiger partial charge in [-0.3, -0.25) is 4.79 Å². The van der Waals surface area contributed by atoms with Gasteiger partial charge in [-0.25, -0.2) is 17.9 Å². The van der Waals surface area contributed by atoms with Crippen molar-refractivity contribution in [2.24, 2.45) is 5.14 Å². The van der Waals surface area contributed by atoms with Crippen molar-refractivity contribution in [2.75, 3.05) is 0 Å². The van der Waals surface area contributed by atoms with Crippen molar-refractivity contribution < 1.29 is 22.7 Å². The van der Waals surface area contributed by atoms with E-state index in [-0.39, 0.29) is 16.3 Å². The zero-order chi connectivity index (χ0) is 15.6. The zero-order valence-corrected chi connectivity index (χ0v) is 12.2. The Kier molecular flexibility index (Phi) is 4.26. The van der Waals surface area contributed by atoms with Gasteiger partial charge < -0.3 is 10.4 Å². The maximum Gasteiger partial charge on any atom is 0.255 e. The number of halogens is 1. The molecule has 0 bridgehead atoms. The van der Waals surface area contributed by atoms with Crippen molar-refractivity contribution in [3.05, 3.63) is 46.6 Å². The van der Waals surface area contributed by atoms with Gasteiger partial charge in [0, 0.05) is 10.9 Å². The van der Waals surface area contributed by atoms with Gasteiger partial charge in [0.15, 0.2) is 0 Å². The number of rotatable bonds is 4. The van der Waals surface area contributed by atoms with Gasteiger partial charge >= 0.3 is 0 Å². The zero-order valence-electron chi connectivity index (χ0n) is 10.5. The van der Waals surface area contributed by atoms with Gasteiger partial charge in [-0.05, 0) is 24.3 Å². The summed E-state index contributed by atoms with van der Waals surface area (Å²) in [6.45, 7) is 0.0653. The number of aromatic hydroxyl groups is 1. The molecule has 9 heteroatoms. The van der Waals surface area contributed by atoms with Crippen LogP contribution in [0.2, 0.25) is 0 Å². The molecule has 0 atom stereocenters. The first kappa shape index (κ1) is 15.4. The molecule has 2 aromatic rings. The maximum atomic E-state index is 12.8. The molecule has 4 N–H and O–H groups in total. The number of nitrogens with one attached hydrogen (secondary N) is 1. The number of thiophene rings is 1. The first-order valence-electron chi connectivity index (χ1n) is 5.65. The van der Waals surface area contributed by atoms with E-state index in [1.165, 1.54) is 12.1 Å². The lowest BCUT2D eigenvalue weighted by atomic mass is 10.2. The molecular formula is C12H11FN2O4S2. The number of benzene rings is 1. The minimum absolute atomic E-state index is 0.00335. The van der Waals surface area contributed by atoms with E-state index in [0.717, 1.165) is 29.5 Å². The molecule has 0 saturated carbocycles. The smallest absolute Gasteiger partial charge is 0.255 e. The lowest BCUT2D eigenvalue weighted by Crippen LogP contribution is -2.22. The highest BCUT2D eigenvalue weighted by molar-refractivity contribution is 7.91. The van der Waals surface area contributed by atoms with Crippen molar-refractivity contribution in [3.8, 4) is 5.75 Å². The van der Waals surface area contributed by atoms with Gasteiger partial charge in [0.05, 0.1) is 12.1 Å². The minimum atomic E-state index is -3.76. The predicted octanol–water partition coefficient (Wildman–Crippen LogP) is 1.17. The van der Waals surface area contributed by atoms with E-state index < -0.39 is 27.5 Å². The third kappa shape index (κ3) is 3.78. The van der Waals surface area contributed by atoms with E-state index in [1.54, 1.807) is 0 Å². The van der Waals surface area contributed by atoms with Crippen LogP contribution in [0.25, 0.3) is 0 Å². The summed E-state index contributed by atoms with van der Waals surface area (Å²) in [5.74, 6) is -1.72. The largest absolute Gasteiger partial charge is 0.507 e. The number of primary sulfonamides is 1. The standard InChI is InChI=1S/C12H11FN2O4S2/c13-7-1-3-9(10(16)5-7)12(17)15-6-8-2-4-11(20-8)21(14,18)19/h1-5,16H,6H2,(H,15,17)(H2,14,18,19). The second-order valence-electron chi connectivity index (χ2n) is 4.11. The summed E-state index contributed by atoms with van der Waals surface area (Å²) in [7, 11) is -3.76. The molecule has 0 unspecified atom stereocenters. The van der Waals surface area contributed by atoms with Crippen LogP contribution in [0.15, 0.2) is 34.5 Å². The molecule has 0 fully saturated rings. The van der Waals surface area contributed by atoms with Crippen molar-refractivity contribution in [3.63, 3.8) is 0 Å². The van der Waals surface area contributed by atoms with Gasteiger partial charge in [0.25, 0.3) is 5.91 Å². The lowest BCUT2D eigenvalue weighted by Gasteiger charge is -2.05. The fourth-order valence-corrected chi connectivity index (χ4v) is 3.28. The Labute approximate surface area is 124 Å². The molecule has 0 aliphatic heterocycles. The summed E-state index contributed by atoms with van der Waals surface area (Å²) >= 11 is 0.933. The predicted molar refractivity (Wildman–Crippen MR) is 74.9 cm³/mol. The molecule has 6 nitrogen and oxygen atoms in total. The molecule has 0 aliphatic carbocycles. The Morgan fingerprint density at radius 1 is 1.33 bits per heavy atom. The van der Waals surface area contributed by atoms with Gasteiger partial charge in [0.1, 0.15) is 15.8 Å². The summed E-state index contributed by atoms with van der Waals surface area (Å²) in [5, 5.41) is 16.9. The van der Waals surface area contributed by atoms with E-state index in [1.807, 2.05) is 0 Å². The summed E-state index contributed by atoms with van der Waals surface area (Å²) < 4.78 is 35.0. The topological polar surface area (TPSA) is 109 Å². The minimum Gasteiger partial charge on any atom is -0.507 e. The number of phenols is 1. The molecule has 0 radical (unpaired) electrons. The van der Waals surface area contributed by atoms with Crippen molar-refractivity contribution in [1.29, 1.82) is 0 Å². The first-order valence-corrected chi connectivity index (χ1v) is 8.02. The van der Waals surface area contributed by atoms with Crippen LogP contribution in [0.1, 0.15) is 15.2 Å². The number of hydrogen-bond donors (Lipinski definition) is 3. The number of hydrogen-bond acceptors (Lipinski definition) is 5. The maximum absolute atomic E-state index is 12.8. The van der Waals surface area contributed by atoms with E-state index in [0.29, 0.717) is 4.88 Å². The van der Waals surface area contributed by atoms with Crippen LogP contribution in [0, 0.1) is 5.82 Å². The van der Waals surface area contributed by atoms with E-state index in [2.05, 4.69) is 5.32 Å². The number of carbonyl (C=O) groups excluding carboxylic acids is 1. The molecule has 0 spiro atoms. The molecule has 2 rings (SSSR count). The van der Waals surface area contributed by atoms with Gasteiger partial charge in [0.2, 0.25) is 10.0 Å². The summed E-state index contributed by atoms with van der Waals surface area (Å²) in [6.07, 6.45) is 0. The highest BCUT2D eigenvalue weighted by Crippen LogP contribution is 2.21. The Morgan fingerprint density at radius 2 is 2.05 bits per heavy atom. The number of amides is 1. The third-order valence-electron chi connectivity index (χ3n) is 2.54. The summed E-state index contributed by atoms with van der Waals surface area (Å²) in [6, 6.07) is 5.91. The van der Waals surface area contributed by atoms with Crippen LogP contribution in [-0.4, -0.2) is 19.4 Å². The third-order valence-corrected chi connectivity index (χ3v) is 5.07. The number of nitrogens with two attached hydrogens (primary N) is 1. The number of sulfonamides is 1. The summed E-state index contributed by atoms with van der Waals surface area (Å²) in [4.78, 5) is 12.4. The molecule has 1 aromatic heterocycles. The lowest BCUT2D eigenvalue weighted by molar-refractivity contribution is 0.0948. The van der Waals surface area contributed by atoms with Crippen molar-refractivity contribution >= 4 is 27.3 Å². The van der Waals surface area contributed by atoms with E-state index in [9.17, 15) is 22.7 Å². The Morgan fingerprint density at radius 3 is 2.62 bits per heavy atom. The molecule has 0 saturated heterocycles. The number of phenolic OH excluding ortho intramolecular Hbond substituents is 1. The Hall–Kier alpha value is -1.97. The molecule has 1 heterocycles. The van der Waals surface area contributed by atoms with Gasteiger partial charge in [-0.2, -0.15) is 0 Å². The molecule has 21 heavy (non-hydrogen) atoms. The SMILES string of the molecule is NS(=O)(=O)c1ccc(CNC(=O)c2ccc(F)cc2O)s1. The average molecular weight is 330 g/mol. The second kappa shape index (κ2) is 5.80. The van der Waals surface area contributed by atoms with Crippen LogP contribution < -0.4 is 10.5 Å². The van der Waals surface area contributed by atoms with Gasteiger partial charge in [-0.1, -0.05) is 0 Å². The molecule has 112 valence electrons. The Balaban J connectivity index is 2.06. The van der Waals surface area contributed by atoms with Crippen LogP contribution in [0.5, 0.6) is 5.75 Å². The molecule has 1 amide bonds.